The fourth-order valence-corrected chi connectivity index (χ4v) is 9.52. The third kappa shape index (κ3) is 7.47. The number of methoxy groups -OCH3 is 1. The number of pyridine rings is 1. The molecule has 5 atom stereocenters. The molecule has 1 aromatic carbocycles. The zero-order valence-corrected chi connectivity index (χ0v) is 31.5. The predicted molar refractivity (Wildman–Crippen MR) is 198 cm³/mol. The summed E-state index contributed by atoms with van der Waals surface area (Å²) in [4.78, 5) is 53.2. The molecule has 15 heteroatoms. The minimum Gasteiger partial charge on any atom is -0.497 e. The van der Waals surface area contributed by atoms with Crippen LogP contribution in [0, 0.1) is 17.8 Å². The molecule has 3 amide bonds. The first-order valence-corrected chi connectivity index (χ1v) is 20.5. The van der Waals surface area contributed by atoms with Gasteiger partial charge in [0.1, 0.15) is 23.1 Å². The second kappa shape index (κ2) is 14.3. The summed E-state index contributed by atoms with van der Waals surface area (Å²) in [6.45, 7) is 4.64. The van der Waals surface area contributed by atoms with Crippen LogP contribution in [-0.2, 0) is 24.4 Å². The van der Waals surface area contributed by atoms with Gasteiger partial charge in [0.05, 0.1) is 29.9 Å². The number of rotatable bonds is 9. The molecule has 52 heavy (non-hydrogen) atoms. The van der Waals surface area contributed by atoms with E-state index < -0.39 is 50.6 Å². The third-order valence-electron chi connectivity index (χ3n) is 10.5. The summed E-state index contributed by atoms with van der Waals surface area (Å²) in [5.74, 6) is -2.20. The first-order valence-electron chi connectivity index (χ1n) is 18.0. The molecule has 4 aliphatic rings. The Balaban J connectivity index is 1.19. The molecule has 0 saturated heterocycles. The van der Waals surface area contributed by atoms with E-state index in [1.807, 2.05) is 55.6 Å². The number of ether oxygens (including phenoxy) is 2. The lowest BCUT2D eigenvalue weighted by molar-refractivity contribution is -0.140. The van der Waals surface area contributed by atoms with Gasteiger partial charge in [-0.3, -0.25) is 19.1 Å². The van der Waals surface area contributed by atoms with Crippen molar-refractivity contribution in [3.8, 4) is 23.0 Å². The number of sulfonamides is 1. The molecule has 3 aliphatic carbocycles. The SMILES string of the molecule is COc1ccc2c(OC3CC4C(=O)NC5(C(=O)NS(=O)(=O)C6CC6)CC5C=CCCCCN(C)C(=O)C4C3)nc(-c3csc(NC(C)C)n3)cc2c1. The molecule has 3 saturated carbocycles. The monoisotopic (exact) mass is 750 g/mol. The number of nitrogens with zero attached hydrogens (tertiary/aromatic N) is 3. The summed E-state index contributed by atoms with van der Waals surface area (Å²) in [5.41, 5.74) is -0.116. The lowest BCUT2D eigenvalue weighted by atomic mass is 9.93. The Bertz CT molecular complexity index is 2010. The van der Waals surface area contributed by atoms with Crippen LogP contribution in [0.25, 0.3) is 22.2 Å². The maximum Gasteiger partial charge on any atom is 0.259 e. The molecule has 5 unspecified atom stereocenters. The van der Waals surface area contributed by atoms with E-state index >= 15 is 0 Å². The van der Waals surface area contributed by atoms with Crippen molar-refractivity contribution in [3.05, 3.63) is 41.8 Å². The van der Waals surface area contributed by atoms with E-state index in [0.29, 0.717) is 42.4 Å². The minimum atomic E-state index is -3.83. The smallest absolute Gasteiger partial charge is 0.259 e. The van der Waals surface area contributed by atoms with Gasteiger partial charge in [0, 0.05) is 36.3 Å². The number of anilines is 1. The average Bonchev–Trinajstić information content (AvgIpc) is 3.99. The van der Waals surface area contributed by atoms with E-state index in [4.69, 9.17) is 19.4 Å². The van der Waals surface area contributed by atoms with Crippen molar-refractivity contribution in [2.24, 2.45) is 17.8 Å². The first kappa shape index (κ1) is 36.1. The highest BCUT2D eigenvalue weighted by atomic mass is 32.2. The number of nitrogens with one attached hydrogen (secondary N) is 3. The molecular formula is C37H46N6O7S2. The number of allylic oxidation sites excluding steroid dienone is 1. The lowest BCUT2D eigenvalue weighted by Crippen LogP contribution is -2.54. The summed E-state index contributed by atoms with van der Waals surface area (Å²) in [5, 5.41) is 9.97. The summed E-state index contributed by atoms with van der Waals surface area (Å²) in [6.07, 6.45) is 7.47. The number of carbonyl (C=O) groups is 3. The summed E-state index contributed by atoms with van der Waals surface area (Å²) in [6, 6.07) is 7.76. The van der Waals surface area contributed by atoms with Gasteiger partial charge in [0.2, 0.25) is 27.7 Å². The number of fused-ring (bicyclic) bond motifs is 3. The van der Waals surface area contributed by atoms with Crippen molar-refractivity contribution >= 4 is 55.0 Å². The zero-order chi connectivity index (χ0) is 36.8. The molecule has 3 N–H and O–H groups in total. The summed E-state index contributed by atoms with van der Waals surface area (Å²) in [7, 11) is -0.472. The van der Waals surface area contributed by atoms with Crippen molar-refractivity contribution in [2.75, 3.05) is 26.0 Å². The first-order chi connectivity index (χ1) is 24.9. The maximum absolute atomic E-state index is 14.2. The number of aromatic nitrogens is 2. The Labute approximate surface area is 308 Å². The van der Waals surface area contributed by atoms with Crippen LogP contribution >= 0.6 is 11.3 Å². The molecule has 2 aromatic heterocycles. The van der Waals surface area contributed by atoms with Crippen LogP contribution in [0.4, 0.5) is 5.13 Å². The highest BCUT2D eigenvalue weighted by molar-refractivity contribution is 7.91. The Morgan fingerprint density at radius 3 is 2.63 bits per heavy atom. The van der Waals surface area contributed by atoms with Gasteiger partial charge in [-0.15, -0.1) is 11.3 Å². The Hall–Kier alpha value is -4.24. The van der Waals surface area contributed by atoms with E-state index in [9.17, 15) is 22.8 Å². The molecule has 0 spiro atoms. The maximum atomic E-state index is 14.2. The van der Waals surface area contributed by atoms with Gasteiger partial charge in [-0.2, -0.15) is 0 Å². The highest BCUT2D eigenvalue weighted by Gasteiger charge is 2.62. The molecule has 0 bridgehead atoms. The van der Waals surface area contributed by atoms with E-state index in [-0.39, 0.29) is 37.1 Å². The minimum absolute atomic E-state index is 0.162. The average molecular weight is 751 g/mol. The van der Waals surface area contributed by atoms with Crippen molar-refractivity contribution in [1.82, 2.24) is 24.9 Å². The molecular weight excluding hydrogens is 705 g/mol. The number of thiazole rings is 1. The van der Waals surface area contributed by atoms with Gasteiger partial charge >= 0.3 is 0 Å². The van der Waals surface area contributed by atoms with Gasteiger partial charge in [0.15, 0.2) is 5.13 Å². The normalized spacial score (nSPS) is 26.7. The molecule has 278 valence electrons. The van der Waals surface area contributed by atoms with E-state index in [1.165, 1.54) is 11.3 Å². The zero-order valence-electron chi connectivity index (χ0n) is 29.9. The molecule has 7 rings (SSSR count). The van der Waals surface area contributed by atoms with Crippen LogP contribution in [0.5, 0.6) is 11.6 Å². The van der Waals surface area contributed by atoms with Crippen LogP contribution < -0.4 is 24.8 Å². The van der Waals surface area contributed by atoms with Gasteiger partial charge in [-0.25, -0.2) is 18.4 Å². The molecule has 3 heterocycles. The molecule has 3 aromatic rings. The van der Waals surface area contributed by atoms with Crippen LogP contribution in [0.1, 0.15) is 65.2 Å². The van der Waals surface area contributed by atoms with Gasteiger partial charge in [-0.05, 0) is 94.9 Å². The molecule has 0 radical (unpaired) electrons. The van der Waals surface area contributed by atoms with Crippen molar-refractivity contribution < 1.29 is 32.3 Å². The second-order valence-corrected chi connectivity index (χ2v) is 17.6. The van der Waals surface area contributed by atoms with Gasteiger partial charge in [-0.1, -0.05) is 12.2 Å². The van der Waals surface area contributed by atoms with Gasteiger partial charge in [0.25, 0.3) is 5.91 Å². The second-order valence-electron chi connectivity index (χ2n) is 14.8. The summed E-state index contributed by atoms with van der Waals surface area (Å²) >= 11 is 1.48. The molecule has 13 nitrogen and oxygen atoms in total. The van der Waals surface area contributed by atoms with Crippen molar-refractivity contribution in [3.63, 3.8) is 0 Å². The lowest BCUT2D eigenvalue weighted by Gasteiger charge is -2.26. The topological polar surface area (TPSA) is 169 Å². The Morgan fingerprint density at radius 1 is 1.10 bits per heavy atom. The fraction of sp³-hybridized carbons (Fsp3) is 0.541. The van der Waals surface area contributed by atoms with Crippen molar-refractivity contribution in [1.29, 1.82) is 0 Å². The number of amides is 3. The Kier molecular flexibility index (Phi) is 9.93. The van der Waals surface area contributed by atoms with E-state index in [1.54, 1.807) is 19.1 Å². The summed E-state index contributed by atoms with van der Waals surface area (Å²) < 4.78 is 39.9. The van der Waals surface area contributed by atoms with Crippen LogP contribution in [-0.4, -0.2) is 84.6 Å². The number of carbonyl (C=O) groups excluding carboxylic acids is 3. The number of hydrogen-bond donors (Lipinski definition) is 3. The third-order valence-corrected chi connectivity index (χ3v) is 13.0. The van der Waals surface area contributed by atoms with E-state index in [0.717, 1.165) is 35.2 Å². The highest BCUT2D eigenvalue weighted by Crippen LogP contribution is 2.47. The predicted octanol–water partition coefficient (Wildman–Crippen LogP) is 4.64. The largest absolute Gasteiger partial charge is 0.497 e. The Morgan fingerprint density at radius 2 is 1.88 bits per heavy atom. The van der Waals surface area contributed by atoms with Crippen LogP contribution in [0.15, 0.2) is 41.8 Å². The standard InChI is InChI=1S/C37H46N6O7S2/c1-21(2)38-36-40-31(20-51-36)30-16-22-15-24(49-4)10-13-27(22)33(39-30)50-25-17-28-29(18-25)34(45)43(3)14-8-6-5-7-9-23-19-37(23,41-32(28)44)35(46)42-52(47,48)26-11-12-26/h7,9-10,13,15-16,20-21,23,25-26,28-29H,5-6,8,11-12,14,17-19H2,1-4H3,(H,38,40)(H,41,44)(H,42,46). The van der Waals surface area contributed by atoms with Gasteiger partial charge < -0.3 is 25.0 Å². The molecule has 3 fully saturated rings. The van der Waals surface area contributed by atoms with Crippen LogP contribution in [0.2, 0.25) is 0 Å². The van der Waals surface area contributed by atoms with Crippen molar-refractivity contribution in [2.45, 2.75) is 88.1 Å². The fourth-order valence-electron chi connectivity index (χ4n) is 7.31. The van der Waals surface area contributed by atoms with Crippen LogP contribution in [0.3, 0.4) is 0 Å². The molecule has 1 aliphatic heterocycles. The quantitative estimate of drug-likeness (QED) is 0.262. The number of benzene rings is 1. The number of hydrogen-bond acceptors (Lipinski definition) is 11. The van der Waals surface area contributed by atoms with E-state index in [2.05, 4.69) is 15.4 Å².